The number of carbonyl (C=O) groups is 1. The third-order valence-electron chi connectivity index (χ3n) is 5.87. The maximum atomic E-state index is 12.9. The van der Waals surface area contributed by atoms with Gasteiger partial charge in [0.15, 0.2) is 11.8 Å². The Morgan fingerprint density at radius 2 is 1.84 bits per heavy atom. The Kier molecular flexibility index (Phi) is 9.27. The zero-order valence-electron chi connectivity index (χ0n) is 18.9. The van der Waals surface area contributed by atoms with Gasteiger partial charge in [-0.25, -0.2) is 4.99 Å². The monoisotopic (exact) mass is 539 g/mol. The fraction of sp³-hybridized carbons (Fsp3) is 0.545. The number of nitrogens with zero attached hydrogens (tertiary/aromatic N) is 5. The van der Waals surface area contributed by atoms with Crippen molar-refractivity contribution in [1.29, 1.82) is 0 Å². The predicted octanol–water partition coefficient (Wildman–Crippen LogP) is 2.63. The maximum Gasteiger partial charge on any atom is 0.230 e. The second-order valence-electron chi connectivity index (χ2n) is 8.27. The van der Waals surface area contributed by atoms with Crippen LogP contribution in [0.5, 0.6) is 0 Å². The number of aromatic nitrogens is 3. The lowest BCUT2D eigenvalue weighted by Crippen LogP contribution is -2.49. The van der Waals surface area contributed by atoms with Gasteiger partial charge in [0, 0.05) is 27.7 Å². The molecule has 0 bridgehead atoms. The van der Waals surface area contributed by atoms with E-state index in [2.05, 4.69) is 33.0 Å². The van der Waals surface area contributed by atoms with E-state index in [-0.39, 0.29) is 35.3 Å². The Balaban J connectivity index is 0.00000341. The van der Waals surface area contributed by atoms with Crippen molar-refractivity contribution in [1.82, 2.24) is 30.3 Å². The number of carbonyl (C=O) groups excluding carboxylic acids is 1. The summed E-state index contributed by atoms with van der Waals surface area (Å²) in [5, 5.41) is 15.1. The molecule has 0 radical (unpaired) electrons. The number of benzene rings is 1. The van der Waals surface area contributed by atoms with Crippen LogP contribution < -0.4 is 10.6 Å². The molecule has 1 aromatic heterocycles. The highest BCUT2D eigenvalue weighted by Gasteiger charge is 2.42. The van der Waals surface area contributed by atoms with E-state index in [4.69, 9.17) is 4.99 Å². The Morgan fingerprint density at radius 3 is 2.42 bits per heavy atom. The first-order valence-electron chi connectivity index (χ1n) is 10.5. The van der Waals surface area contributed by atoms with Crippen molar-refractivity contribution in [3.63, 3.8) is 0 Å². The highest BCUT2D eigenvalue weighted by atomic mass is 127. The van der Waals surface area contributed by atoms with Crippen molar-refractivity contribution in [2.75, 3.05) is 20.6 Å². The third kappa shape index (κ3) is 6.41. The molecule has 1 amide bonds. The molecule has 0 atom stereocenters. The van der Waals surface area contributed by atoms with E-state index in [1.54, 1.807) is 4.90 Å². The molecular weight excluding hydrogens is 505 g/mol. The molecule has 1 aromatic carbocycles. The smallest absolute Gasteiger partial charge is 0.230 e. The molecule has 0 saturated heterocycles. The summed E-state index contributed by atoms with van der Waals surface area (Å²) in [6.07, 6.45) is 3.99. The second-order valence-corrected chi connectivity index (χ2v) is 8.27. The largest absolute Gasteiger partial charge is 0.355 e. The summed E-state index contributed by atoms with van der Waals surface area (Å²) in [6.45, 7) is 3.56. The van der Waals surface area contributed by atoms with E-state index in [1.165, 1.54) is 0 Å². The number of aryl methyl sites for hydroxylation is 1. The molecule has 1 fully saturated rings. The van der Waals surface area contributed by atoms with Gasteiger partial charge in [0.1, 0.15) is 5.82 Å². The van der Waals surface area contributed by atoms with Gasteiger partial charge in [0.25, 0.3) is 0 Å². The topological polar surface area (TPSA) is 87.4 Å². The van der Waals surface area contributed by atoms with Crippen LogP contribution in [-0.2, 0) is 24.9 Å². The first-order valence-corrected chi connectivity index (χ1v) is 10.5. The van der Waals surface area contributed by atoms with Gasteiger partial charge in [-0.2, -0.15) is 0 Å². The molecule has 2 aromatic rings. The second kappa shape index (κ2) is 11.4. The summed E-state index contributed by atoms with van der Waals surface area (Å²) in [4.78, 5) is 19.4. The van der Waals surface area contributed by atoms with Crippen molar-refractivity contribution in [3.05, 3.63) is 47.5 Å². The van der Waals surface area contributed by atoms with Crippen molar-refractivity contribution in [3.8, 4) is 0 Å². The van der Waals surface area contributed by atoms with Crippen molar-refractivity contribution in [2.45, 2.75) is 45.7 Å². The van der Waals surface area contributed by atoms with Crippen molar-refractivity contribution < 1.29 is 4.79 Å². The van der Waals surface area contributed by atoms with E-state index in [1.807, 2.05) is 50.8 Å². The maximum absolute atomic E-state index is 12.9. The summed E-state index contributed by atoms with van der Waals surface area (Å²) in [6, 6.07) is 10.1. The Morgan fingerprint density at radius 1 is 1.16 bits per heavy atom. The molecule has 1 aliphatic carbocycles. The minimum atomic E-state index is -0.361. The third-order valence-corrected chi connectivity index (χ3v) is 5.87. The van der Waals surface area contributed by atoms with Gasteiger partial charge in [-0.05, 0) is 25.3 Å². The predicted molar refractivity (Wildman–Crippen MR) is 133 cm³/mol. The van der Waals surface area contributed by atoms with Crippen LogP contribution in [-0.4, -0.2) is 52.2 Å². The molecule has 1 aliphatic rings. The first kappa shape index (κ1) is 25.1. The summed E-state index contributed by atoms with van der Waals surface area (Å²) < 4.78 is 1.95. The molecule has 9 heteroatoms. The number of guanidine groups is 1. The number of halogens is 1. The van der Waals surface area contributed by atoms with Crippen LogP contribution in [0, 0.1) is 12.3 Å². The van der Waals surface area contributed by atoms with Gasteiger partial charge in [-0.3, -0.25) is 4.79 Å². The van der Waals surface area contributed by atoms with Crippen LogP contribution >= 0.6 is 24.0 Å². The Labute approximate surface area is 201 Å². The summed E-state index contributed by atoms with van der Waals surface area (Å²) in [5.74, 6) is 2.57. The standard InChI is InChI=1S/C22H33N7O.HI/c1-17-26-27-19(29(17)4)15-24-21(23-14-18-10-6-5-7-11-18)25-16-22(12-8-9-13-22)20(30)28(2)3;/h5-7,10-11H,8-9,12-16H2,1-4H3,(H2,23,24,25);1H. The molecule has 3 rings (SSSR count). The van der Waals surface area contributed by atoms with Crippen molar-refractivity contribution in [2.24, 2.45) is 17.5 Å². The van der Waals surface area contributed by atoms with Crippen LogP contribution in [0.4, 0.5) is 0 Å². The lowest BCUT2D eigenvalue weighted by Gasteiger charge is -2.31. The molecule has 31 heavy (non-hydrogen) atoms. The SMILES string of the molecule is Cc1nnc(CNC(=NCc2ccccc2)NCC2(C(=O)N(C)C)CCCC2)n1C.I. The van der Waals surface area contributed by atoms with E-state index >= 15 is 0 Å². The van der Waals surface area contributed by atoms with Crippen molar-refractivity contribution >= 4 is 35.8 Å². The highest BCUT2D eigenvalue weighted by molar-refractivity contribution is 14.0. The summed E-state index contributed by atoms with van der Waals surface area (Å²) >= 11 is 0. The summed E-state index contributed by atoms with van der Waals surface area (Å²) in [5.41, 5.74) is 0.771. The zero-order valence-corrected chi connectivity index (χ0v) is 21.2. The average molecular weight is 539 g/mol. The molecule has 170 valence electrons. The van der Waals surface area contributed by atoms with Gasteiger partial charge >= 0.3 is 0 Å². The minimum absolute atomic E-state index is 0. The van der Waals surface area contributed by atoms with Crippen LogP contribution in [0.15, 0.2) is 35.3 Å². The number of hydrogen-bond donors (Lipinski definition) is 2. The van der Waals surface area contributed by atoms with Gasteiger partial charge < -0.3 is 20.1 Å². The molecule has 8 nitrogen and oxygen atoms in total. The van der Waals surface area contributed by atoms with Crippen LogP contribution in [0.25, 0.3) is 0 Å². The molecule has 1 heterocycles. The fourth-order valence-corrected chi connectivity index (χ4v) is 3.94. The lowest BCUT2D eigenvalue weighted by molar-refractivity contribution is -0.138. The minimum Gasteiger partial charge on any atom is -0.355 e. The highest BCUT2D eigenvalue weighted by Crippen LogP contribution is 2.38. The van der Waals surface area contributed by atoms with Gasteiger partial charge in [-0.15, -0.1) is 34.2 Å². The summed E-state index contributed by atoms with van der Waals surface area (Å²) in [7, 11) is 5.62. The number of hydrogen-bond acceptors (Lipinski definition) is 4. The van der Waals surface area contributed by atoms with E-state index in [9.17, 15) is 4.79 Å². The molecule has 1 saturated carbocycles. The van der Waals surface area contributed by atoms with Gasteiger partial charge in [0.2, 0.25) is 5.91 Å². The van der Waals surface area contributed by atoms with E-state index < -0.39 is 0 Å². The number of amides is 1. The number of aliphatic imine (C=N–C) groups is 1. The molecule has 0 aliphatic heterocycles. The Bertz CT molecular complexity index is 873. The molecule has 0 unspecified atom stereocenters. The number of nitrogens with one attached hydrogen (secondary N) is 2. The fourth-order valence-electron chi connectivity index (χ4n) is 3.94. The van der Waals surface area contributed by atoms with E-state index in [0.29, 0.717) is 25.6 Å². The zero-order chi connectivity index (χ0) is 21.6. The van der Waals surface area contributed by atoms with Gasteiger partial charge in [0.05, 0.1) is 18.5 Å². The van der Waals surface area contributed by atoms with Crippen LogP contribution in [0.1, 0.15) is 42.9 Å². The average Bonchev–Trinajstić information content (AvgIpc) is 3.36. The molecule has 0 spiro atoms. The van der Waals surface area contributed by atoms with Gasteiger partial charge in [-0.1, -0.05) is 43.2 Å². The van der Waals surface area contributed by atoms with E-state index in [0.717, 1.165) is 42.9 Å². The Hall–Kier alpha value is -2.17. The van der Waals surface area contributed by atoms with Crippen LogP contribution in [0.2, 0.25) is 0 Å². The molecular formula is C22H34IN7O. The molecule has 2 N–H and O–H groups in total. The lowest BCUT2D eigenvalue weighted by atomic mass is 9.84. The normalized spacial score (nSPS) is 15.3. The number of rotatable bonds is 7. The first-order chi connectivity index (χ1) is 14.4. The van der Waals surface area contributed by atoms with Crippen LogP contribution in [0.3, 0.4) is 0 Å². The quantitative estimate of drug-likeness (QED) is 0.321.